The van der Waals surface area contributed by atoms with Gasteiger partial charge in [0.05, 0.1) is 10.4 Å². The molecule has 0 radical (unpaired) electrons. The van der Waals surface area contributed by atoms with Crippen LogP contribution in [0.25, 0.3) is 33.1 Å². The van der Waals surface area contributed by atoms with Crippen molar-refractivity contribution in [2.45, 2.75) is 25.7 Å². The normalized spacial score (nSPS) is 13.9. The van der Waals surface area contributed by atoms with E-state index in [9.17, 15) is 9.18 Å². The standard InChI is InChI=1S/C20H14ClFN2O2S/c21-12-9-10(5-6-13(12)22)14-7-8-15(26-14)18-23-19(25)17-11-3-1-2-4-16(11)27-20(17)24-18/h5-9H,1-4H2,(H,23,24,25). The number of nitrogens with zero attached hydrogens (tertiary/aromatic N) is 1. The summed E-state index contributed by atoms with van der Waals surface area (Å²) in [6.45, 7) is 0. The highest BCUT2D eigenvalue weighted by Gasteiger charge is 2.21. The number of hydrogen-bond donors (Lipinski definition) is 1. The van der Waals surface area contributed by atoms with Gasteiger partial charge in [-0.25, -0.2) is 9.37 Å². The number of furan rings is 1. The van der Waals surface area contributed by atoms with Gasteiger partial charge in [0.1, 0.15) is 16.4 Å². The van der Waals surface area contributed by atoms with Crippen LogP contribution in [-0.2, 0) is 12.8 Å². The number of fused-ring (bicyclic) bond motifs is 3. The highest BCUT2D eigenvalue weighted by atomic mass is 35.5. The number of halogens is 2. The first-order chi connectivity index (χ1) is 13.1. The predicted molar refractivity (Wildman–Crippen MR) is 105 cm³/mol. The molecular weight excluding hydrogens is 387 g/mol. The van der Waals surface area contributed by atoms with Gasteiger partial charge in [-0.15, -0.1) is 11.3 Å². The van der Waals surface area contributed by atoms with E-state index in [0.29, 0.717) is 22.9 Å². The summed E-state index contributed by atoms with van der Waals surface area (Å²) in [5.74, 6) is 0.895. The maximum atomic E-state index is 13.4. The SMILES string of the molecule is O=c1[nH]c(-c2ccc(-c3ccc(F)c(Cl)c3)o2)nc2sc3c(c12)CCCC3. The van der Waals surface area contributed by atoms with Crippen LogP contribution in [0.1, 0.15) is 23.3 Å². The van der Waals surface area contributed by atoms with Crippen LogP contribution >= 0.6 is 22.9 Å². The molecule has 4 nitrogen and oxygen atoms in total. The van der Waals surface area contributed by atoms with Crippen molar-refractivity contribution >= 4 is 33.2 Å². The Hall–Kier alpha value is -2.44. The first-order valence-corrected chi connectivity index (χ1v) is 9.90. The molecular formula is C20H14ClFN2O2S. The minimum absolute atomic E-state index is 0.0302. The van der Waals surface area contributed by atoms with Gasteiger partial charge in [0.15, 0.2) is 11.6 Å². The van der Waals surface area contributed by atoms with Crippen LogP contribution in [0, 0.1) is 5.82 Å². The lowest BCUT2D eigenvalue weighted by molar-refractivity contribution is 0.591. The summed E-state index contributed by atoms with van der Waals surface area (Å²) in [5, 5.41) is 0.748. The molecule has 5 rings (SSSR count). The summed E-state index contributed by atoms with van der Waals surface area (Å²) < 4.78 is 19.2. The average Bonchev–Trinajstić information content (AvgIpc) is 3.28. The number of nitrogens with one attached hydrogen (secondary N) is 1. The molecule has 3 heterocycles. The molecule has 0 saturated carbocycles. The molecule has 0 amide bonds. The molecule has 3 aromatic heterocycles. The summed E-state index contributed by atoms with van der Waals surface area (Å²) in [6.07, 6.45) is 4.23. The van der Waals surface area contributed by atoms with E-state index in [1.54, 1.807) is 29.5 Å². The van der Waals surface area contributed by atoms with Gasteiger partial charge in [-0.05, 0) is 61.6 Å². The largest absolute Gasteiger partial charge is 0.453 e. The quantitative estimate of drug-likeness (QED) is 0.477. The van der Waals surface area contributed by atoms with Gasteiger partial charge in [-0.1, -0.05) is 11.6 Å². The van der Waals surface area contributed by atoms with Gasteiger partial charge in [-0.3, -0.25) is 4.79 Å². The fourth-order valence-corrected chi connectivity index (χ4v) is 4.99. The second-order valence-electron chi connectivity index (χ2n) is 6.60. The number of aromatic nitrogens is 2. The number of rotatable bonds is 2. The third kappa shape index (κ3) is 2.80. The Morgan fingerprint density at radius 1 is 1.15 bits per heavy atom. The fourth-order valence-electron chi connectivity index (χ4n) is 3.55. The first-order valence-electron chi connectivity index (χ1n) is 8.70. The van der Waals surface area contributed by atoms with Gasteiger partial charge >= 0.3 is 0 Å². The smallest absolute Gasteiger partial charge is 0.260 e. The zero-order valence-corrected chi connectivity index (χ0v) is 15.7. The lowest BCUT2D eigenvalue weighted by Gasteiger charge is -2.09. The van der Waals surface area contributed by atoms with Crippen molar-refractivity contribution < 1.29 is 8.81 Å². The van der Waals surface area contributed by atoms with Gasteiger partial charge in [-0.2, -0.15) is 0 Å². The number of aromatic amines is 1. The minimum atomic E-state index is -0.481. The summed E-state index contributed by atoms with van der Waals surface area (Å²) in [5.41, 5.74) is 1.68. The van der Waals surface area contributed by atoms with Gasteiger partial charge in [0.25, 0.3) is 5.56 Å². The maximum Gasteiger partial charge on any atom is 0.260 e. The Balaban J connectivity index is 1.59. The van der Waals surface area contributed by atoms with E-state index in [-0.39, 0.29) is 10.6 Å². The zero-order chi connectivity index (χ0) is 18.5. The first kappa shape index (κ1) is 16.7. The van der Waals surface area contributed by atoms with Crippen LogP contribution in [0.15, 0.2) is 39.5 Å². The van der Waals surface area contributed by atoms with Crippen molar-refractivity contribution in [3.05, 3.63) is 62.0 Å². The van der Waals surface area contributed by atoms with Crippen molar-refractivity contribution in [3.8, 4) is 22.9 Å². The molecule has 27 heavy (non-hydrogen) atoms. The highest BCUT2D eigenvalue weighted by molar-refractivity contribution is 7.18. The molecule has 1 aliphatic carbocycles. The van der Waals surface area contributed by atoms with Crippen LogP contribution in [0.3, 0.4) is 0 Å². The van der Waals surface area contributed by atoms with Crippen molar-refractivity contribution in [2.24, 2.45) is 0 Å². The lowest BCUT2D eigenvalue weighted by atomic mass is 9.97. The van der Waals surface area contributed by atoms with Gasteiger partial charge < -0.3 is 9.40 Å². The number of thiophene rings is 1. The molecule has 136 valence electrons. The van der Waals surface area contributed by atoms with E-state index in [0.717, 1.165) is 41.5 Å². The van der Waals surface area contributed by atoms with E-state index in [2.05, 4.69) is 9.97 Å². The predicted octanol–water partition coefficient (Wildman–Crippen LogP) is 5.58. The molecule has 0 unspecified atom stereocenters. The highest BCUT2D eigenvalue weighted by Crippen LogP contribution is 2.35. The zero-order valence-electron chi connectivity index (χ0n) is 14.1. The van der Waals surface area contributed by atoms with Crippen molar-refractivity contribution in [3.63, 3.8) is 0 Å². The molecule has 1 N–H and O–H groups in total. The van der Waals surface area contributed by atoms with Crippen LogP contribution in [-0.4, -0.2) is 9.97 Å². The van der Waals surface area contributed by atoms with Crippen molar-refractivity contribution in [1.29, 1.82) is 0 Å². The Morgan fingerprint density at radius 3 is 2.81 bits per heavy atom. The second-order valence-corrected chi connectivity index (χ2v) is 8.09. The topological polar surface area (TPSA) is 58.9 Å². The van der Waals surface area contributed by atoms with Gasteiger partial charge in [0, 0.05) is 10.4 Å². The van der Waals surface area contributed by atoms with Crippen LogP contribution in [0.5, 0.6) is 0 Å². The summed E-state index contributed by atoms with van der Waals surface area (Å²) in [4.78, 5) is 22.2. The van der Waals surface area contributed by atoms with Crippen molar-refractivity contribution in [1.82, 2.24) is 9.97 Å². The Bertz CT molecular complexity index is 1240. The Morgan fingerprint density at radius 2 is 1.96 bits per heavy atom. The van der Waals surface area contributed by atoms with E-state index >= 15 is 0 Å². The molecule has 0 aliphatic heterocycles. The molecule has 0 fully saturated rings. The number of benzene rings is 1. The molecule has 4 aromatic rings. The number of hydrogen-bond acceptors (Lipinski definition) is 4. The van der Waals surface area contributed by atoms with E-state index < -0.39 is 5.82 Å². The molecule has 0 spiro atoms. The number of H-pyrrole nitrogens is 1. The molecule has 1 aromatic carbocycles. The Kier molecular flexibility index (Phi) is 3.91. The van der Waals surface area contributed by atoms with E-state index in [1.165, 1.54) is 17.0 Å². The molecule has 0 atom stereocenters. The van der Waals surface area contributed by atoms with Crippen molar-refractivity contribution in [2.75, 3.05) is 0 Å². The fraction of sp³-hybridized carbons (Fsp3) is 0.200. The molecule has 1 aliphatic rings. The molecule has 7 heteroatoms. The summed E-state index contributed by atoms with van der Waals surface area (Å²) in [7, 11) is 0. The summed E-state index contributed by atoms with van der Waals surface area (Å²) in [6, 6.07) is 7.89. The monoisotopic (exact) mass is 400 g/mol. The van der Waals surface area contributed by atoms with Crippen LogP contribution in [0.2, 0.25) is 5.02 Å². The van der Waals surface area contributed by atoms with E-state index in [1.807, 2.05) is 0 Å². The Labute approximate surface area is 162 Å². The minimum Gasteiger partial charge on any atom is -0.453 e. The third-order valence-electron chi connectivity index (χ3n) is 4.87. The lowest BCUT2D eigenvalue weighted by Crippen LogP contribution is -2.11. The summed E-state index contributed by atoms with van der Waals surface area (Å²) >= 11 is 7.45. The second kappa shape index (κ2) is 6.32. The molecule has 0 saturated heterocycles. The van der Waals surface area contributed by atoms with Crippen LogP contribution in [0.4, 0.5) is 4.39 Å². The third-order valence-corrected chi connectivity index (χ3v) is 6.34. The van der Waals surface area contributed by atoms with Gasteiger partial charge in [0.2, 0.25) is 0 Å². The number of aryl methyl sites for hydroxylation is 2. The van der Waals surface area contributed by atoms with E-state index in [4.69, 9.17) is 16.0 Å². The van der Waals surface area contributed by atoms with Crippen LogP contribution < -0.4 is 5.56 Å². The maximum absolute atomic E-state index is 13.4. The molecule has 0 bridgehead atoms. The average molecular weight is 401 g/mol.